The largest absolute Gasteiger partial charge is 0.304 e. The summed E-state index contributed by atoms with van der Waals surface area (Å²) in [6, 6.07) is 0. The zero-order chi connectivity index (χ0) is 15.6. The van der Waals surface area contributed by atoms with Gasteiger partial charge in [0, 0.05) is 0 Å². The summed E-state index contributed by atoms with van der Waals surface area (Å²) in [5.74, 6) is 0. The van der Waals surface area contributed by atoms with Crippen LogP contribution < -0.4 is 0 Å². The minimum Gasteiger partial charge on any atom is -0.304 e. The third kappa shape index (κ3) is 15.9. The molecule has 1 heteroatoms. The molecule has 0 aromatic carbocycles. The first kappa shape index (κ1) is 20.7. The molecule has 0 amide bonds. The van der Waals surface area contributed by atoms with Gasteiger partial charge in [0.15, 0.2) is 0 Å². The standard InChI is InChI=1S/C20H41N/c1-4-7-8-9-10-11-12-13-14-15-16-17-18-19-20-21(5-2)6-3/h14-15H,4-13,16-20H2,1-3H3/b15-14+. The Labute approximate surface area is 135 Å². The van der Waals surface area contributed by atoms with Crippen LogP contribution in [-0.4, -0.2) is 24.5 Å². The molecule has 0 bridgehead atoms. The number of nitrogens with zero attached hydrogens (tertiary/aromatic N) is 1. The highest BCUT2D eigenvalue weighted by Gasteiger charge is 1.97. The van der Waals surface area contributed by atoms with E-state index in [9.17, 15) is 0 Å². The fourth-order valence-corrected chi connectivity index (χ4v) is 2.77. The van der Waals surface area contributed by atoms with E-state index in [0.29, 0.717) is 0 Å². The van der Waals surface area contributed by atoms with Gasteiger partial charge in [-0.1, -0.05) is 77.9 Å². The summed E-state index contributed by atoms with van der Waals surface area (Å²) in [5.41, 5.74) is 0. The summed E-state index contributed by atoms with van der Waals surface area (Å²) in [7, 11) is 0. The van der Waals surface area contributed by atoms with Crippen LogP contribution in [0.15, 0.2) is 12.2 Å². The molecule has 0 heterocycles. The van der Waals surface area contributed by atoms with Gasteiger partial charge in [0.1, 0.15) is 0 Å². The van der Waals surface area contributed by atoms with Crippen molar-refractivity contribution in [1.29, 1.82) is 0 Å². The Morgan fingerprint density at radius 1 is 0.571 bits per heavy atom. The third-order valence-electron chi connectivity index (χ3n) is 4.38. The minimum atomic E-state index is 1.20. The Morgan fingerprint density at radius 2 is 1.05 bits per heavy atom. The summed E-state index contributed by atoms with van der Waals surface area (Å²) in [5, 5.41) is 0. The van der Waals surface area contributed by atoms with Crippen molar-refractivity contribution in [1.82, 2.24) is 4.90 Å². The van der Waals surface area contributed by atoms with Gasteiger partial charge in [-0.15, -0.1) is 0 Å². The Morgan fingerprint density at radius 3 is 1.57 bits per heavy atom. The van der Waals surface area contributed by atoms with Crippen LogP contribution in [0.5, 0.6) is 0 Å². The Balaban J connectivity index is 3.15. The monoisotopic (exact) mass is 295 g/mol. The fourth-order valence-electron chi connectivity index (χ4n) is 2.77. The maximum atomic E-state index is 2.52. The summed E-state index contributed by atoms with van der Waals surface area (Å²) in [6.45, 7) is 10.5. The molecule has 0 aliphatic carbocycles. The van der Waals surface area contributed by atoms with E-state index in [1.807, 2.05) is 0 Å². The van der Waals surface area contributed by atoms with E-state index in [-0.39, 0.29) is 0 Å². The SMILES string of the molecule is CCCCCCCCC/C=C/CCCCCN(CC)CC. The van der Waals surface area contributed by atoms with Crippen LogP contribution in [-0.2, 0) is 0 Å². The molecular formula is C20H41N. The Kier molecular flexibility index (Phi) is 17.5. The zero-order valence-corrected chi connectivity index (χ0v) is 15.2. The third-order valence-corrected chi connectivity index (χ3v) is 4.38. The van der Waals surface area contributed by atoms with E-state index in [4.69, 9.17) is 0 Å². The second-order valence-corrected chi connectivity index (χ2v) is 6.26. The molecule has 0 unspecified atom stereocenters. The van der Waals surface area contributed by atoms with Gasteiger partial charge in [0.05, 0.1) is 0 Å². The molecule has 0 spiro atoms. The molecule has 0 saturated carbocycles. The van der Waals surface area contributed by atoms with Gasteiger partial charge in [-0.25, -0.2) is 0 Å². The fraction of sp³-hybridized carbons (Fsp3) is 0.900. The highest BCUT2D eigenvalue weighted by Crippen LogP contribution is 2.09. The van der Waals surface area contributed by atoms with Crippen molar-refractivity contribution < 1.29 is 0 Å². The molecule has 0 aliphatic heterocycles. The van der Waals surface area contributed by atoms with E-state index in [0.717, 1.165) is 0 Å². The average Bonchev–Trinajstić information content (AvgIpc) is 2.51. The van der Waals surface area contributed by atoms with Crippen LogP contribution in [0.25, 0.3) is 0 Å². The van der Waals surface area contributed by atoms with Crippen LogP contribution in [0.1, 0.15) is 97.8 Å². The van der Waals surface area contributed by atoms with Gasteiger partial charge in [0.2, 0.25) is 0 Å². The van der Waals surface area contributed by atoms with Gasteiger partial charge in [-0.05, 0) is 51.7 Å². The van der Waals surface area contributed by atoms with Gasteiger partial charge < -0.3 is 4.90 Å². The van der Waals surface area contributed by atoms with Gasteiger partial charge in [-0.3, -0.25) is 0 Å². The van der Waals surface area contributed by atoms with Crippen molar-refractivity contribution in [3.8, 4) is 0 Å². The summed E-state index contributed by atoms with van der Waals surface area (Å²) >= 11 is 0. The molecule has 0 saturated heterocycles. The average molecular weight is 296 g/mol. The van der Waals surface area contributed by atoms with Crippen LogP contribution >= 0.6 is 0 Å². The predicted octanol–water partition coefficient (Wildman–Crippen LogP) is 6.59. The molecule has 0 fully saturated rings. The lowest BCUT2D eigenvalue weighted by atomic mass is 10.1. The molecule has 0 aromatic heterocycles. The Bertz CT molecular complexity index is 206. The lowest BCUT2D eigenvalue weighted by Gasteiger charge is -2.17. The smallest absolute Gasteiger partial charge is 0.00190 e. The van der Waals surface area contributed by atoms with Crippen molar-refractivity contribution in [3.63, 3.8) is 0 Å². The quantitative estimate of drug-likeness (QED) is 0.229. The van der Waals surface area contributed by atoms with Gasteiger partial charge in [0.25, 0.3) is 0 Å². The van der Waals surface area contributed by atoms with Crippen molar-refractivity contribution in [2.45, 2.75) is 97.8 Å². The van der Waals surface area contributed by atoms with Crippen molar-refractivity contribution in [2.24, 2.45) is 0 Å². The first-order valence-electron chi connectivity index (χ1n) is 9.72. The number of hydrogen-bond donors (Lipinski definition) is 0. The molecule has 0 aromatic rings. The van der Waals surface area contributed by atoms with Crippen LogP contribution in [0.2, 0.25) is 0 Å². The summed E-state index contributed by atoms with van der Waals surface area (Å²) < 4.78 is 0. The lowest BCUT2D eigenvalue weighted by molar-refractivity contribution is 0.296. The second kappa shape index (κ2) is 17.8. The van der Waals surface area contributed by atoms with Crippen LogP contribution in [0.4, 0.5) is 0 Å². The number of allylic oxidation sites excluding steroid dienone is 2. The van der Waals surface area contributed by atoms with E-state index in [1.54, 1.807) is 0 Å². The molecule has 0 N–H and O–H groups in total. The van der Waals surface area contributed by atoms with Crippen LogP contribution in [0.3, 0.4) is 0 Å². The molecule has 0 radical (unpaired) electrons. The van der Waals surface area contributed by atoms with Crippen LogP contribution in [0, 0.1) is 0 Å². The summed E-state index contributed by atoms with van der Waals surface area (Å²) in [6.07, 6.45) is 21.5. The number of rotatable bonds is 16. The van der Waals surface area contributed by atoms with Crippen molar-refractivity contribution >= 4 is 0 Å². The Hall–Kier alpha value is -0.300. The molecular weight excluding hydrogens is 254 g/mol. The van der Waals surface area contributed by atoms with E-state index in [2.05, 4.69) is 37.8 Å². The first-order valence-corrected chi connectivity index (χ1v) is 9.72. The zero-order valence-electron chi connectivity index (χ0n) is 15.2. The van der Waals surface area contributed by atoms with E-state index in [1.165, 1.54) is 96.7 Å². The van der Waals surface area contributed by atoms with E-state index < -0.39 is 0 Å². The van der Waals surface area contributed by atoms with Crippen molar-refractivity contribution in [2.75, 3.05) is 19.6 Å². The molecule has 0 rings (SSSR count). The topological polar surface area (TPSA) is 3.24 Å². The maximum absolute atomic E-state index is 2.52. The number of unbranched alkanes of at least 4 members (excludes halogenated alkanes) is 10. The summed E-state index contributed by atoms with van der Waals surface area (Å²) in [4.78, 5) is 2.52. The molecule has 126 valence electrons. The highest BCUT2D eigenvalue weighted by atomic mass is 15.1. The molecule has 21 heavy (non-hydrogen) atoms. The van der Waals surface area contributed by atoms with Crippen molar-refractivity contribution in [3.05, 3.63) is 12.2 Å². The first-order chi connectivity index (χ1) is 10.3. The minimum absolute atomic E-state index is 1.20. The van der Waals surface area contributed by atoms with Gasteiger partial charge >= 0.3 is 0 Å². The highest BCUT2D eigenvalue weighted by molar-refractivity contribution is 4.81. The number of hydrogen-bond acceptors (Lipinski definition) is 1. The molecule has 1 nitrogen and oxygen atoms in total. The maximum Gasteiger partial charge on any atom is -0.00190 e. The van der Waals surface area contributed by atoms with E-state index >= 15 is 0 Å². The second-order valence-electron chi connectivity index (χ2n) is 6.26. The molecule has 0 aliphatic rings. The predicted molar refractivity (Wildman–Crippen MR) is 98.0 cm³/mol. The lowest BCUT2D eigenvalue weighted by Crippen LogP contribution is -2.23. The molecule has 0 atom stereocenters. The normalized spacial score (nSPS) is 11.8. The van der Waals surface area contributed by atoms with Gasteiger partial charge in [-0.2, -0.15) is 0 Å².